The topological polar surface area (TPSA) is 161 Å². The van der Waals surface area contributed by atoms with Gasteiger partial charge < -0.3 is 0 Å². The predicted molar refractivity (Wildman–Crippen MR) is 177 cm³/mol. The van der Waals surface area contributed by atoms with Crippen LogP contribution in [-0.4, -0.2) is 44.0 Å². The van der Waals surface area contributed by atoms with Crippen LogP contribution in [0.3, 0.4) is 0 Å². The number of nitrogens with zero attached hydrogens (tertiary/aromatic N) is 4. The molecule has 0 bridgehead atoms. The summed E-state index contributed by atoms with van der Waals surface area (Å²) in [5, 5.41) is 20.5. The van der Waals surface area contributed by atoms with E-state index in [4.69, 9.17) is 0 Å². The lowest BCUT2D eigenvalue weighted by Gasteiger charge is -2.16. The Kier molecular flexibility index (Phi) is 9.11. The second kappa shape index (κ2) is 13.4. The van der Waals surface area contributed by atoms with E-state index in [1.165, 1.54) is 59.6 Å². The Balaban J connectivity index is 1.06. The number of anilines is 2. The van der Waals surface area contributed by atoms with Crippen molar-refractivity contribution in [2.45, 2.75) is 42.9 Å². The molecule has 2 atom stereocenters. The van der Waals surface area contributed by atoms with Gasteiger partial charge in [0, 0.05) is 56.7 Å². The van der Waals surface area contributed by atoms with E-state index in [9.17, 15) is 39.4 Å². The van der Waals surface area contributed by atoms with Crippen LogP contribution >= 0.6 is 35.3 Å². The fraction of sp³-hybridized carbons (Fsp3) is 0.125. The molecule has 0 radical (unpaired) electrons. The molecule has 15 heteroatoms. The molecule has 4 amide bonds. The zero-order chi connectivity index (χ0) is 33.2. The summed E-state index contributed by atoms with van der Waals surface area (Å²) in [6, 6.07) is 25.6. The van der Waals surface area contributed by atoms with Gasteiger partial charge in [-0.05, 0) is 72.8 Å². The van der Waals surface area contributed by atoms with Gasteiger partial charge in [-0.2, -0.15) is 0 Å². The van der Waals surface area contributed by atoms with Crippen molar-refractivity contribution in [1.29, 1.82) is 0 Å². The lowest BCUT2D eigenvalue weighted by molar-refractivity contribution is -0.385. The molecule has 2 saturated heterocycles. The SMILES string of the molecule is O=C1C[C@H](Sc2ccc([N+](=O)[O-])cc2)C(=O)N1c1ccc(Sc2ccc(N3C(=O)C[C@H](Sc4ccc([N+](=O)[O-])cc4)C3=O)cc2)cc1. The van der Waals surface area contributed by atoms with Crippen LogP contribution in [-0.2, 0) is 19.2 Å². The minimum atomic E-state index is -0.637. The van der Waals surface area contributed by atoms with Gasteiger partial charge in [-0.1, -0.05) is 11.8 Å². The van der Waals surface area contributed by atoms with E-state index in [0.717, 1.165) is 19.6 Å². The van der Waals surface area contributed by atoms with Crippen molar-refractivity contribution in [2.24, 2.45) is 0 Å². The monoisotopic (exact) mass is 686 g/mol. The molecule has 236 valence electrons. The average molecular weight is 687 g/mol. The first-order valence-corrected chi connectivity index (χ1v) is 16.6. The molecule has 0 aromatic heterocycles. The van der Waals surface area contributed by atoms with Crippen LogP contribution in [0, 0.1) is 20.2 Å². The molecular formula is C32H22N4O8S3. The Morgan fingerprint density at radius 3 is 1.15 bits per heavy atom. The second-order valence-corrected chi connectivity index (χ2v) is 14.0. The lowest BCUT2D eigenvalue weighted by Crippen LogP contribution is -2.31. The second-order valence-electron chi connectivity index (χ2n) is 10.3. The Bertz CT molecular complexity index is 1760. The first-order chi connectivity index (χ1) is 22.6. The van der Waals surface area contributed by atoms with E-state index in [1.807, 2.05) is 0 Å². The number of thioether (sulfide) groups is 2. The van der Waals surface area contributed by atoms with Crippen LogP contribution in [0.25, 0.3) is 0 Å². The molecule has 47 heavy (non-hydrogen) atoms. The minimum absolute atomic E-state index is 0.0157. The normalized spacial score (nSPS) is 17.9. The molecule has 2 aliphatic rings. The Morgan fingerprint density at radius 1 is 0.511 bits per heavy atom. The number of hydrogen-bond donors (Lipinski definition) is 0. The van der Waals surface area contributed by atoms with E-state index in [-0.39, 0.29) is 47.8 Å². The number of hydrogen-bond acceptors (Lipinski definition) is 11. The van der Waals surface area contributed by atoms with Crippen LogP contribution in [0.5, 0.6) is 0 Å². The van der Waals surface area contributed by atoms with Crippen molar-refractivity contribution < 1.29 is 29.0 Å². The van der Waals surface area contributed by atoms with Crippen LogP contribution < -0.4 is 9.80 Å². The molecule has 2 fully saturated rings. The highest BCUT2D eigenvalue weighted by atomic mass is 32.2. The highest BCUT2D eigenvalue weighted by molar-refractivity contribution is 8.01. The van der Waals surface area contributed by atoms with Crippen LogP contribution in [0.2, 0.25) is 0 Å². The third-order valence-electron chi connectivity index (χ3n) is 7.29. The maximum absolute atomic E-state index is 13.1. The maximum Gasteiger partial charge on any atom is 0.269 e. The van der Waals surface area contributed by atoms with Gasteiger partial charge in [0.05, 0.1) is 31.7 Å². The summed E-state index contributed by atoms with van der Waals surface area (Å²) in [5.74, 6) is -1.36. The molecule has 6 rings (SSSR count). The highest BCUT2D eigenvalue weighted by Gasteiger charge is 2.41. The van der Waals surface area contributed by atoms with Gasteiger partial charge in [-0.25, -0.2) is 9.80 Å². The van der Waals surface area contributed by atoms with Gasteiger partial charge in [0.1, 0.15) is 0 Å². The van der Waals surface area contributed by atoms with Gasteiger partial charge >= 0.3 is 0 Å². The smallest absolute Gasteiger partial charge is 0.269 e. The fourth-order valence-electron chi connectivity index (χ4n) is 5.02. The van der Waals surface area contributed by atoms with E-state index in [2.05, 4.69) is 0 Å². The highest BCUT2D eigenvalue weighted by Crippen LogP contribution is 2.38. The van der Waals surface area contributed by atoms with Crippen LogP contribution in [0.4, 0.5) is 22.7 Å². The minimum Gasteiger partial charge on any atom is -0.274 e. The van der Waals surface area contributed by atoms with Crippen molar-refractivity contribution >= 4 is 81.7 Å². The summed E-state index contributed by atoms with van der Waals surface area (Å²) in [4.78, 5) is 77.8. The Labute approximate surface area is 279 Å². The first-order valence-electron chi connectivity index (χ1n) is 14.0. The van der Waals surface area contributed by atoms with Crippen LogP contribution in [0.15, 0.2) is 117 Å². The van der Waals surface area contributed by atoms with Crippen molar-refractivity contribution in [2.75, 3.05) is 9.80 Å². The summed E-state index contributed by atoms with van der Waals surface area (Å²) in [6.07, 6.45) is 0.0314. The molecule has 2 aliphatic heterocycles. The third kappa shape index (κ3) is 6.91. The summed E-state index contributed by atoms with van der Waals surface area (Å²) in [5.41, 5.74) is 0.778. The number of nitro groups is 2. The van der Waals surface area contributed by atoms with Crippen molar-refractivity contribution in [1.82, 2.24) is 0 Å². The molecule has 0 unspecified atom stereocenters. The Hall–Kier alpha value is -4.99. The van der Waals surface area contributed by atoms with Crippen LogP contribution in [0.1, 0.15) is 12.8 Å². The third-order valence-corrected chi connectivity index (χ3v) is 10.7. The maximum atomic E-state index is 13.1. The predicted octanol–water partition coefficient (Wildman–Crippen LogP) is 6.50. The molecule has 0 aliphatic carbocycles. The summed E-state index contributed by atoms with van der Waals surface area (Å²) < 4.78 is 0. The molecule has 0 saturated carbocycles. The largest absolute Gasteiger partial charge is 0.274 e. The number of rotatable bonds is 10. The number of imide groups is 2. The molecular weight excluding hydrogens is 665 g/mol. The quantitative estimate of drug-likeness (QED) is 0.102. The van der Waals surface area contributed by atoms with Crippen molar-refractivity contribution in [3.63, 3.8) is 0 Å². The van der Waals surface area contributed by atoms with Crippen molar-refractivity contribution in [3.8, 4) is 0 Å². The van der Waals surface area contributed by atoms with E-state index < -0.39 is 20.3 Å². The first kappa shape index (κ1) is 32.0. The van der Waals surface area contributed by atoms with Gasteiger partial charge in [-0.3, -0.25) is 39.4 Å². The lowest BCUT2D eigenvalue weighted by atomic mass is 10.3. The molecule has 2 heterocycles. The summed E-state index contributed by atoms with van der Waals surface area (Å²) in [6.45, 7) is 0. The summed E-state index contributed by atoms with van der Waals surface area (Å²) >= 11 is 3.81. The fourth-order valence-corrected chi connectivity index (χ4v) is 7.94. The van der Waals surface area contributed by atoms with E-state index in [1.54, 1.807) is 72.8 Å². The molecule has 0 N–H and O–H groups in total. The number of carbonyl (C=O) groups is 4. The molecule has 4 aromatic carbocycles. The standard InChI is InChI=1S/C32H22N4O8S3/c37-29-17-27(46-25-13-5-21(6-14-25)35(41)42)31(39)33(29)19-1-9-23(10-2-19)45-24-11-3-20(4-12-24)34-30(38)18-28(32(34)40)47-26-15-7-22(8-16-26)36(43)44/h1-16,27-28H,17-18H2/t27-,28-/m0/s1. The van der Waals surface area contributed by atoms with E-state index in [0.29, 0.717) is 21.2 Å². The number of amides is 4. The van der Waals surface area contributed by atoms with Gasteiger partial charge in [0.25, 0.3) is 11.4 Å². The molecule has 0 spiro atoms. The van der Waals surface area contributed by atoms with Gasteiger partial charge in [0.15, 0.2) is 0 Å². The van der Waals surface area contributed by atoms with Gasteiger partial charge in [0.2, 0.25) is 23.6 Å². The number of nitro benzene ring substituents is 2. The number of benzene rings is 4. The van der Waals surface area contributed by atoms with Gasteiger partial charge in [-0.15, -0.1) is 23.5 Å². The van der Waals surface area contributed by atoms with E-state index >= 15 is 0 Å². The Morgan fingerprint density at radius 2 is 0.830 bits per heavy atom. The van der Waals surface area contributed by atoms with Crippen molar-refractivity contribution in [3.05, 3.63) is 117 Å². The zero-order valence-electron chi connectivity index (χ0n) is 24.1. The number of carbonyl (C=O) groups excluding carboxylic acids is 4. The summed E-state index contributed by atoms with van der Waals surface area (Å²) in [7, 11) is 0. The molecule has 4 aromatic rings. The molecule has 12 nitrogen and oxygen atoms in total. The average Bonchev–Trinajstić information content (AvgIpc) is 3.50. The zero-order valence-corrected chi connectivity index (χ0v) is 26.5. The number of non-ortho nitro benzene ring substituents is 2.